The van der Waals surface area contributed by atoms with Crippen molar-refractivity contribution < 1.29 is 5.11 Å². The molecule has 94 valence electrons. The lowest BCUT2D eigenvalue weighted by Crippen LogP contribution is -2.30. The molecule has 0 bridgehead atoms. The Hall–Kier alpha value is -0.240. The van der Waals surface area contributed by atoms with Gasteiger partial charge in [0.15, 0.2) is 0 Å². The van der Waals surface area contributed by atoms with Gasteiger partial charge in [-0.25, -0.2) is 0 Å². The molecule has 0 amide bonds. The quantitative estimate of drug-likeness (QED) is 0.860. The van der Waals surface area contributed by atoms with Crippen molar-refractivity contribution >= 4 is 23.2 Å². The van der Waals surface area contributed by atoms with Gasteiger partial charge in [0.05, 0.1) is 10.0 Å². The molecule has 1 aliphatic carbocycles. The molecule has 17 heavy (non-hydrogen) atoms. The van der Waals surface area contributed by atoms with Gasteiger partial charge in [0.2, 0.25) is 0 Å². The standard InChI is InChI=1S/C14H18Cl2O/c15-12-5-4-11(8-13(12)16)9-14(10-17)6-2-1-3-7-14/h4-5,8,17H,1-3,6-7,9-10H2. The molecular formula is C14H18Cl2O. The molecular weight excluding hydrogens is 255 g/mol. The van der Waals surface area contributed by atoms with E-state index in [2.05, 4.69) is 0 Å². The summed E-state index contributed by atoms with van der Waals surface area (Å²) in [5.41, 5.74) is 1.24. The van der Waals surface area contributed by atoms with Crippen molar-refractivity contribution in [2.75, 3.05) is 6.61 Å². The number of aliphatic hydroxyl groups excluding tert-OH is 1. The first kappa shape index (κ1) is 13.2. The maximum absolute atomic E-state index is 9.67. The van der Waals surface area contributed by atoms with E-state index in [0.29, 0.717) is 10.0 Å². The average Bonchev–Trinajstić information content (AvgIpc) is 2.35. The fourth-order valence-electron chi connectivity index (χ4n) is 2.78. The van der Waals surface area contributed by atoms with E-state index in [-0.39, 0.29) is 12.0 Å². The van der Waals surface area contributed by atoms with Gasteiger partial charge < -0.3 is 5.11 Å². The summed E-state index contributed by atoms with van der Waals surface area (Å²) < 4.78 is 0. The minimum absolute atomic E-state index is 0.0649. The molecule has 0 spiro atoms. The van der Waals surface area contributed by atoms with Crippen LogP contribution in [-0.4, -0.2) is 11.7 Å². The minimum Gasteiger partial charge on any atom is -0.396 e. The molecule has 1 saturated carbocycles. The molecule has 0 aromatic heterocycles. The summed E-state index contributed by atoms with van der Waals surface area (Å²) in [6, 6.07) is 5.78. The van der Waals surface area contributed by atoms with Gasteiger partial charge in [0.25, 0.3) is 0 Å². The monoisotopic (exact) mass is 272 g/mol. The highest BCUT2D eigenvalue weighted by atomic mass is 35.5. The van der Waals surface area contributed by atoms with Crippen LogP contribution in [-0.2, 0) is 6.42 Å². The van der Waals surface area contributed by atoms with E-state index < -0.39 is 0 Å². The van der Waals surface area contributed by atoms with Crippen molar-refractivity contribution in [2.24, 2.45) is 5.41 Å². The van der Waals surface area contributed by atoms with E-state index in [9.17, 15) is 5.11 Å². The molecule has 0 saturated heterocycles. The fourth-order valence-corrected chi connectivity index (χ4v) is 3.10. The lowest BCUT2D eigenvalue weighted by Gasteiger charge is -2.35. The lowest BCUT2D eigenvalue weighted by atomic mass is 9.71. The number of hydrogen-bond donors (Lipinski definition) is 1. The third kappa shape index (κ3) is 3.15. The zero-order chi connectivity index (χ0) is 12.3. The summed E-state index contributed by atoms with van der Waals surface area (Å²) in [5, 5.41) is 10.9. The van der Waals surface area contributed by atoms with E-state index in [0.717, 1.165) is 19.3 Å². The Morgan fingerprint density at radius 1 is 1.06 bits per heavy atom. The van der Waals surface area contributed by atoms with Crippen molar-refractivity contribution in [2.45, 2.75) is 38.5 Å². The van der Waals surface area contributed by atoms with Crippen molar-refractivity contribution in [3.8, 4) is 0 Å². The van der Waals surface area contributed by atoms with Crippen LogP contribution in [0.15, 0.2) is 18.2 Å². The summed E-state index contributed by atoms with van der Waals surface area (Å²) in [5.74, 6) is 0. The largest absolute Gasteiger partial charge is 0.396 e. The highest BCUT2D eigenvalue weighted by Gasteiger charge is 2.31. The second kappa shape index (κ2) is 5.60. The molecule has 1 aromatic carbocycles. The van der Waals surface area contributed by atoms with Gasteiger partial charge in [0.1, 0.15) is 0 Å². The van der Waals surface area contributed by atoms with Crippen LogP contribution < -0.4 is 0 Å². The zero-order valence-electron chi connectivity index (χ0n) is 9.88. The van der Waals surface area contributed by atoms with Crippen LogP contribution in [0.5, 0.6) is 0 Å². The van der Waals surface area contributed by atoms with Gasteiger partial charge >= 0.3 is 0 Å². The van der Waals surface area contributed by atoms with Crippen LogP contribution in [0.3, 0.4) is 0 Å². The van der Waals surface area contributed by atoms with Crippen LogP contribution in [0.25, 0.3) is 0 Å². The number of hydrogen-bond acceptors (Lipinski definition) is 1. The number of aliphatic hydroxyl groups is 1. The van der Waals surface area contributed by atoms with Crippen LogP contribution in [0, 0.1) is 5.41 Å². The van der Waals surface area contributed by atoms with Crippen LogP contribution in [0.2, 0.25) is 10.0 Å². The van der Waals surface area contributed by atoms with Gasteiger partial charge in [-0.2, -0.15) is 0 Å². The van der Waals surface area contributed by atoms with Gasteiger partial charge in [-0.15, -0.1) is 0 Å². The van der Waals surface area contributed by atoms with E-state index in [4.69, 9.17) is 23.2 Å². The van der Waals surface area contributed by atoms with Crippen molar-refractivity contribution in [3.05, 3.63) is 33.8 Å². The molecule has 2 rings (SSSR count). The second-order valence-corrected chi connectivity index (χ2v) is 5.96. The van der Waals surface area contributed by atoms with Gasteiger partial charge in [-0.1, -0.05) is 48.5 Å². The summed E-state index contributed by atoms with van der Waals surface area (Å²) in [6.45, 7) is 0.271. The third-order valence-corrected chi connectivity index (χ3v) is 4.55. The van der Waals surface area contributed by atoms with E-state index in [1.807, 2.05) is 18.2 Å². The highest BCUT2D eigenvalue weighted by molar-refractivity contribution is 6.42. The van der Waals surface area contributed by atoms with E-state index in [1.54, 1.807) is 0 Å². The van der Waals surface area contributed by atoms with Gasteiger partial charge in [0, 0.05) is 6.61 Å². The van der Waals surface area contributed by atoms with Gasteiger partial charge in [-0.3, -0.25) is 0 Å². The lowest BCUT2D eigenvalue weighted by molar-refractivity contribution is 0.0823. The molecule has 0 unspecified atom stereocenters. The normalized spacial score (nSPS) is 19.2. The van der Waals surface area contributed by atoms with E-state index in [1.165, 1.54) is 24.8 Å². The first-order valence-corrected chi connectivity index (χ1v) is 6.96. The molecule has 1 aliphatic rings. The summed E-state index contributed by atoms with van der Waals surface area (Å²) in [7, 11) is 0. The summed E-state index contributed by atoms with van der Waals surface area (Å²) in [6.07, 6.45) is 6.88. The molecule has 0 radical (unpaired) electrons. The first-order chi connectivity index (χ1) is 8.15. The Bertz CT molecular complexity index is 384. The van der Waals surface area contributed by atoms with Gasteiger partial charge in [-0.05, 0) is 42.4 Å². The summed E-state index contributed by atoms with van der Waals surface area (Å²) in [4.78, 5) is 0. The summed E-state index contributed by atoms with van der Waals surface area (Å²) >= 11 is 11.9. The van der Waals surface area contributed by atoms with Crippen molar-refractivity contribution in [3.63, 3.8) is 0 Å². The molecule has 0 atom stereocenters. The second-order valence-electron chi connectivity index (χ2n) is 5.14. The fraction of sp³-hybridized carbons (Fsp3) is 0.571. The third-order valence-electron chi connectivity index (χ3n) is 3.81. The average molecular weight is 273 g/mol. The Labute approximate surface area is 113 Å². The molecule has 1 aromatic rings. The maximum Gasteiger partial charge on any atom is 0.0595 e. The van der Waals surface area contributed by atoms with Crippen LogP contribution >= 0.6 is 23.2 Å². The predicted molar refractivity (Wildman–Crippen MR) is 72.8 cm³/mol. The van der Waals surface area contributed by atoms with Crippen molar-refractivity contribution in [1.29, 1.82) is 0 Å². The minimum atomic E-state index is 0.0649. The highest BCUT2D eigenvalue weighted by Crippen LogP contribution is 2.39. The van der Waals surface area contributed by atoms with Crippen molar-refractivity contribution in [1.82, 2.24) is 0 Å². The number of rotatable bonds is 3. The van der Waals surface area contributed by atoms with Crippen LogP contribution in [0.1, 0.15) is 37.7 Å². The smallest absolute Gasteiger partial charge is 0.0595 e. The molecule has 1 nitrogen and oxygen atoms in total. The topological polar surface area (TPSA) is 20.2 Å². The molecule has 1 N–H and O–H groups in total. The van der Waals surface area contributed by atoms with Crippen LogP contribution in [0.4, 0.5) is 0 Å². The SMILES string of the molecule is OCC1(Cc2ccc(Cl)c(Cl)c2)CCCCC1. The number of benzene rings is 1. The Balaban J connectivity index is 2.14. The predicted octanol–water partition coefficient (Wildman–Crippen LogP) is 4.48. The molecule has 0 heterocycles. The number of halogens is 2. The Morgan fingerprint density at radius 2 is 1.76 bits per heavy atom. The maximum atomic E-state index is 9.67. The molecule has 0 aliphatic heterocycles. The molecule has 1 fully saturated rings. The first-order valence-electron chi connectivity index (χ1n) is 6.20. The Morgan fingerprint density at radius 3 is 2.35 bits per heavy atom. The van der Waals surface area contributed by atoms with E-state index >= 15 is 0 Å². The Kier molecular flexibility index (Phi) is 4.35. The molecule has 3 heteroatoms. The zero-order valence-corrected chi connectivity index (χ0v) is 11.4.